The number of nitrogens with one attached hydrogen (secondary N) is 1. The second-order valence-corrected chi connectivity index (χ2v) is 3.32. The summed E-state index contributed by atoms with van der Waals surface area (Å²) in [5, 5.41) is 9.10. The summed E-state index contributed by atoms with van der Waals surface area (Å²) in [5.41, 5.74) is 0. The lowest BCUT2D eigenvalue weighted by atomic mass is 10.3. The van der Waals surface area contributed by atoms with E-state index in [1.165, 1.54) is 11.9 Å². The number of amides is 1. The van der Waals surface area contributed by atoms with E-state index in [-0.39, 0.29) is 5.91 Å². The summed E-state index contributed by atoms with van der Waals surface area (Å²) < 4.78 is 7.48. The fourth-order valence-electron chi connectivity index (χ4n) is 0.712. The van der Waals surface area contributed by atoms with Crippen molar-refractivity contribution < 1.29 is 14.6 Å². The zero-order valence-corrected chi connectivity index (χ0v) is 8.89. The van der Waals surface area contributed by atoms with Gasteiger partial charge in [-0.3, -0.25) is 9.52 Å². The van der Waals surface area contributed by atoms with Crippen molar-refractivity contribution in [3.05, 3.63) is 0 Å². The zero-order valence-electron chi connectivity index (χ0n) is 8.08. The van der Waals surface area contributed by atoms with Gasteiger partial charge >= 0.3 is 0 Å². The molecule has 2 N–H and O–H groups in total. The van der Waals surface area contributed by atoms with Crippen LogP contribution in [0.4, 0.5) is 0 Å². The number of rotatable bonds is 7. The molecule has 0 aromatic heterocycles. The van der Waals surface area contributed by atoms with E-state index in [0.717, 1.165) is 6.42 Å². The van der Waals surface area contributed by atoms with E-state index >= 15 is 0 Å². The van der Waals surface area contributed by atoms with Gasteiger partial charge in [0.15, 0.2) is 6.29 Å². The van der Waals surface area contributed by atoms with Crippen LogP contribution in [-0.4, -0.2) is 29.7 Å². The van der Waals surface area contributed by atoms with Crippen LogP contribution in [0.25, 0.3) is 0 Å². The van der Waals surface area contributed by atoms with Crippen molar-refractivity contribution >= 4 is 17.9 Å². The van der Waals surface area contributed by atoms with Crippen LogP contribution in [0.15, 0.2) is 0 Å². The van der Waals surface area contributed by atoms with Crippen molar-refractivity contribution in [3.8, 4) is 0 Å². The molecule has 0 aliphatic carbocycles. The van der Waals surface area contributed by atoms with E-state index in [0.29, 0.717) is 18.8 Å². The molecule has 0 radical (unpaired) electrons. The van der Waals surface area contributed by atoms with Gasteiger partial charge in [-0.05, 0) is 25.3 Å². The molecular formula is C8H17NO3S. The van der Waals surface area contributed by atoms with E-state index in [4.69, 9.17) is 9.84 Å². The predicted octanol–water partition coefficient (Wildman–Crippen LogP) is 0.906. The Hall–Kier alpha value is -0.260. The largest absolute Gasteiger partial charge is 0.367 e. The molecule has 13 heavy (non-hydrogen) atoms. The maximum atomic E-state index is 10.9. The Balaban J connectivity index is 3.28. The molecule has 0 aromatic rings. The molecule has 1 atom stereocenters. The Bertz CT molecular complexity index is 143. The summed E-state index contributed by atoms with van der Waals surface area (Å²) in [6.07, 6.45) is 0.565. The molecule has 0 aliphatic rings. The van der Waals surface area contributed by atoms with E-state index in [2.05, 4.69) is 4.72 Å². The van der Waals surface area contributed by atoms with E-state index in [1.54, 1.807) is 0 Å². The van der Waals surface area contributed by atoms with Crippen LogP contribution < -0.4 is 4.72 Å². The molecule has 4 nitrogen and oxygen atoms in total. The Kier molecular flexibility index (Phi) is 8.18. The summed E-state index contributed by atoms with van der Waals surface area (Å²) in [7, 11) is 0. The van der Waals surface area contributed by atoms with Crippen molar-refractivity contribution in [1.82, 2.24) is 4.72 Å². The van der Waals surface area contributed by atoms with Crippen molar-refractivity contribution in [2.45, 2.75) is 33.0 Å². The van der Waals surface area contributed by atoms with Crippen LogP contribution in [0, 0.1) is 0 Å². The Morgan fingerprint density at radius 3 is 2.85 bits per heavy atom. The highest BCUT2D eigenvalue weighted by Gasteiger charge is 2.04. The van der Waals surface area contributed by atoms with Crippen LogP contribution >= 0.6 is 11.9 Å². The second-order valence-electron chi connectivity index (χ2n) is 2.50. The summed E-state index contributed by atoms with van der Waals surface area (Å²) in [6, 6.07) is 0. The quantitative estimate of drug-likeness (QED) is 0.481. The minimum absolute atomic E-state index is 0.00352. The van der Waals surface area contributed by atoms with E-state index in [9.17, 15) is 4.79 Å². The normalized spacial score (nSPS) is 12.5. The summed E-state index contributed by atoms with van der Waals surface area (Å²) in [4.78, 5) is 10.9. The molecule has 0 fully saturated rings. The fraction of sp³-hybridized carbons (Fsp3) is 0.875. The summed E-state index contributed by atoms with van der Waals surface area (Å²) >= 11 is 1.17. The van der Waals surface area contributed by atoms with Crippen LogP contribution in [0.2, 0.25) is 0 Å². The Morgan fingerprint density at radius 2 is 2.31 bits per heavy atom. The predicted molar refractivity (Wildman–Crippen MR) is 53.1 cm³/mol. The first kappa shape index (κ1) is 12.7. The van der Waals surface area contributed by atoms with Crippen LogP contribution in [0.1, 0.15) is 26.7 Å². The van der Waals surface area contributed by atoms with E-state index < -0.39 is 6.29 Å². The van der Waals surface area contributed by atoms with Gasteiger partial charge < -0.3 is 9.84 Å². The highest BCUT2D eigenvalue weighted by Crippen LogP contribution is 2.00. The van der Waals surface area contributed by atoms with Gasteiger partial charge in [0.05, 0.1) is 5.75 Å². The minimum Gasteiger partial charge on any atom is -0.367 e. The minimum atomic E-state index is -0.795. The van der Waals surface area contributed by atoms with Crippen molar-refractivity contribution in [3.63, 3.8) is 0 Å². The van der Waals surface area contributed by atoms with Crippen molar-refractivity contribution in [2.24, 2.45) is 0 Å². The van der Waals surface area contributed by atoms with E-state index in [1.807, 2.05) is 13.8 Å². The molecule has 5 heteroatoms. The van der Waals surface area contributed by atoms with Gasteiger partial charge in [0.2, 0.25) is 5.91 Å². The lowest BCUT2D eigenvalue weighted by molar-refractivity contribution is -0.119. The molecule has 1 unspecified atom stereocenters. The van der Waals surface area contributed by atoms with Crippen LogP contribution in [0.5, 0.6) is 0 Å². The lowest BCUT2D eigenvalue weighted by Gasteiger charge is -2.09. The number of hydrogen-bond acceptors (Lipinski definition) is 4. The molecule has 0 rings (SSSR count). The molecule has 1 amide bonds. The number of aliphatic hydroxyl groups is 1. The number of ether oxygens (including phenoxy) is 1. The average molecular weight is 207 g/mol. The smallest absolute Gasteiger partial charge is 0.229 e. The van der Waals surface area contributed by atoms with Gasteiger partial charge in [-0.25, -0.2) is 0 Å². The standard InChI is InChI=1S/C8H17NO3S/c1-3-5-7(10)9-13-6-8(11)12-4-2/h8,11H,3-6H2,1-2H3,(H,9,10). The molecule has 0 bridgehead atoms. The fourth-order valence-corrected chi connectivity index (χ4v) is 1.30. The Labute approximate surface area is 83.2 Å². The third-order valence-electron chi connectivity index (χ3n) is 1.25. The molecule has 0 saturated carbocycles. The van der Waals surface area contributed by atoms with Gasteiger partial charge in [0.25, 0.3) is 0 Å². The van der Waals surface area contributed by atoms with Crippen molar-refractivity contribution in [1.29, 1.82) is 0 Å². The maximum Gasteiger partial charge on any atom is 0.229 e. The van der Waals surface area contributed by atoms with Gasteiger partial charge in [-0.15, -0.1) is 0 Å². The van der Waals surface area contributed by atoms with Crippen LogP contribution in [0.3, 0.4) is 0 Å². The third kappa shape index (κ3) is 8.08. The van der Waals surface area contributed by atoms with Gasteiger partial charge in [-0.1, -0.05) is 6.92 Å². The molecule has 0 aromatic carbocycles. The summed E-state index contributed by atoms with van der Waals surface area (Å²) in [5.74, 6) is 0.361. The lowest BCUT2D eigenvalue weighted by Crippen LogP contribution is -2.21. The maximum absolute atomic E-state index is 10.9. The number of carbonyl (C=O) groups excluding carboxylic acids is 1. The second kappa shape index (κ2) is 8.34. The highest BCUT2D eigenvalue weighted by molar-refractivity contribution is 7.97. The van der Waals surface area contributed by atoms with Crippen LogP contribution in [-0.2, 0) is 9.53 Å². The average Bonchev–Trinajstić information content (AvgIpc) is 2.05. The van der Waals surface area contributed by atoms with Gasteiger partial charge in [0.1, 0.15) is 0 Å². The highest BCUT2D eigenvalue weighted by atomic mass is 32.2. The first-order chi connectivity index (χ1) is 6.20. The molecule has 0 heterocycles. The zero-order chi connectivity index (χ0) is 10.1. The van der Waals surface area contributed by atoms with Gasteiger partial charge in [-0.2, -0.15) is 0 Å². The SMILES string of the molecule is CCCC(=O)NSCC(O)OCC. The van der Waals surface area contributed by atoms with Crippen molar-refractivity contribution in [2.75, 3.05) is 12.4 Å². The first-order valence-electron chi connectivity index (χ1n) is 4.41. The molecule has 0 aliphatic heterocycles. The monoisotopic (exact) mass is 207 g/mol. The number of aliphatic hydroxyl groups excluding tert-OH is 1. The number of carbonyl (C=O) groups is 1. The molecule has 0 saturated heterocycles. The number of hydrogen-bond donors (Lipinski definition) is 2. The molecular weight excluding hydrogens is 190 g/mol. The van der Waals surface area contributed by atoms with Gasteiger partial charge in [0, 0.05) is 13.0 Å². The topological polar surface area (TPSA) is 58.6 Å². The first-order valence-corrected chi connectivity index (χ1v) is 5.39. The Morgan fingerprint density at radius 1 is 1.62 bits per heavy atom. The summed E-state index contributed by atoms with van der Waals surface area (Å²) in [6.45, 7) is 4.23. The molecule has 78 valence electrons. The third-order valence-corrected chi connectivity index (χ3v) is 2.07. The molecule has 0 spiro atoms.